The fraction of sp³-hybridized carbons (Fsp3) is 0.429. The Morgan fingerprint density at radius 2 is 1.56 bits per heavy atom. The Morgan fingerprint density at radius 3 is 2.22 bits per heavy atom. The van der Waals surface area contributed by atoms with Crippen molar-refractivity contribution in [3.05, 3.63) is 41.5 Å². The summed E-state index contributed by atoms with van der Waals surface area (Å²) in [4.78, 5) is 0. The monoisotopic (exact) mass is 452 g/mol. The highest BCUT2D eigenvalue weighted by molar-refractivity contribution is 5.52. The van der Waals surface area contributed by atoms with E-state index in [-0.39, 0.29) is 35.2 Å². The van der Waals surface area contributed by atoms with E-state index in [2.05, 4.69) is 0 Å². The molecule has 2 aromatic carbocycles. The summed E-state index contributed by atoms with van der Waals surface area (Å²) in [5.41, 5.74) is 0.597. The Balaban J connectivity index is 1.60. The van der Waals surface area contributed by atoms with Gasteiger partial charge < -0.3 is 55.1 Å². The molecule has 0 radical (unpaired) electrons. The van der Waals surface area contributed by atoms with Crippen LogP contribution in [-0.4, -0.2) is 84.3 Å². The van der Waals surface area contributed by atoms with Gasteiger partial charge in [-0.15, -0.1) is 0 Å². The third-order valence-electron chi connectivity index (χ3n) is 5.53. The molecule has 0 spiro atoms. The predicted molar refractivity (Wildman–Crippen MR) is 105 cm³/mol. The first-order valence-electron chi connectivity index (χ1n) is 9.88. The molecule has 0 aromatic heterocycles. The number of aliphatic hydroxyl groups is 5. The summed E-state index contributed by atoms with van der Waals surface area (Å²) in [5, 5.41) is 79.6. The van der Waals surface area contributed by atoms with E-state index in [1.807, 2.05) is 0 Å². The van der Waals surface area contributed by atoms with Crippen LogP contribution in [0.15, 0.2) is 30.3 Å². The lowest BCUT2D eigenvalue weighted by molar-refractivity contribution is -0.277. The van der Waals surface area contributed by atoms with E-state index in [0.717, 1.165) is 6.07 Å². The van der Waals surface area contributed by atoms with Crippen LogP contribution in [0, 0.1) is 0 Å². The van der Waals surface area contributed by atoms with Crippen LogP contribution in [0.5, 0.6) is 28.7 Å². The highest BCUT2D eigenvalue weighted by Gasteiger charge is 2.45. The molecule has 174 valence electrons. The first-order chi connectivity index (χ1) is 15.2. The van der Waals surface area contributed by atoms with E-state index in [1.165, 1.54) is 24.3 Å². The van der Waals surface area contributed by atoms with Crippen molar-refractivity contribution in [2.24, 2.45) is 0 Å². The molecule has 0 bridgehead atoms. The molecule has 4 rings (SSSR count). The second kappa shape index (κ2) is 8.62. The minimum absolute atomic E-state index is 0.00256. The molecule has 11 heteroatoms. The van der Waals surface area contributed by atoms with Crippen molar-refractivity contribution >= 4 is 0 Å². The average molecular weight is 452 g/mol. The van der Waals surface area contributed by atoms with Crippen LogP contribution in [0.3, 0.4) is 0 Å². The molecule has 32 heavy (non-hydrogen) atoms. The first-order valence-corrected chi connectivity index (χ1v) is 9.88. The molecule has 2 aromatic rings. The summed E-state index contributed by atoms with van der Waals surface area (Å²) >= 11 is 0. The normalized spacial score (nSPS) is 32.1. The molecular formula is C21H24O11. The second-order valence-corrected chi connectivity index (χ2v) is 7.83. The number of ether oxygens (including phenoxy) is 3. The molecule has 7 atom stereocenters. The van der Waals surface area contributed by atoms with E-state index in [0.29, 0.717) is 11.1 Å². The maximum atomic E-state index is 10.5. The minimum atomic E-state index is -1.64. The molecule has 8 N–H and O–H groups in total. The molecular weight excluding hydrogens is 428 g/mol. The topological polar surface area (TPSA) is 190 Å². The van der Waals surface area contributed by atoms with Crippen LogP contribution in [0.1, 0.15) is 17.2 Å². The smallest absolute Gasteiger partial charge is 0.229 e. The highest BCUT2D eigenvalue weighted by atomic mass is 16.7. The van der Waals surface area contributed by atoms with Gasteiger partial charge in [0.2, 0.25) is 6.29 Å². The summed E-state index contributed by atoms with van der Waals surface area (Å²) in [6.45, 7) is -0.625. The van der Waals surface area contributed by atoms with Gasteiger partial charge in [0.15, 0.2) is 6.10 Å². The van der Waals surface area contributed by atoms with Crippen LogP contribution < -0.4 is 9.47 Å². The number of aliphatic hydroxyl groups excluding tert-OH is 5. The zero-order chi connectivity index (χ0) is 23.2. The highest BCUT2D eigenvalue weighted by Crippen LogP contribution is 2.43. The van der Waals surface area contributed by atoms with Gasteiger partial charge in [-0.05, 0) is 12.1 Å². The van der Waals surface area contributed by atoms with Crippen molar-refractivity contribution < 1.29 is 55.1 Å². The quantitative estimate of drug-likeness (QED) is 0.285. The minimum Gasteiger partial charge on any atom is -0.508 e. The third kappa shape index (κ3) is 4.13. The Morgan fingerprint density at radius 1 is 0.875 bits per heavy atom. The van der Waals surface area contributed by atoms with Crippen LogP contribution in [0.4, 0.5) is 0 Å². The van der Waals surface area contributed by atoms with E-state index in [4.69, 9.17) is 14.2 Å². The standard InChI is InChI=1S/C21H24O11/c22-7-16-17(27)18(28)19(29)21(32-16)30-11-4-13(25)12-6-14(26)20(31-15(12)5-11)8-1-9(23)3-10(24)2-8/h1-5,14,16-29H,6-7H2/t14-,16+,17+,18-,19+,20+,21+/m0/s1. The van der Waals surface area contributed by atoms with Gasteiger partial charge in [-0.1, -0.05) is 0 Å². The van der Waals surface area contributed by atoms with E-state index in [9.17, 15) is 40.9 Å². The predicted octanol–water partition coefficient (Wildman–Crippen LogP) is -0.981. The second-order valence-electron chi connectivity index (χ2n) is 7.83. The maximum absolute atomic E-state index is 10.5. The number of rotatable bonds is 4. The summed E-state index contributed by atoms with van der Waals surface area (Å²) in [6, 6.07) is 6.36. The Labute approximate surface area is 181 Å². The van der Waals surface area contributed by atoms with Crippen LogP contribution in [0.2, 0.25) is 0 Å². The van der Waals surface area contributed by atoms with Crippen molar-refractivity contribution in [3.8, 4) is 28.7 Å². The number of phenols is 3. The molecule has 1 saturated heterocycles. The number of phenolic OH excluding ortho intramolecular Hbond substituents is 3. The summed E-state index contributed by atoms with van der Waals surface area (Å²) in [7, 11) is 0. The zero-order valence-electron chi connectivity index (χ0n) is 16.6. The van der Waals surface area contributed by atoms with Gasteiger partial charge in [-0.25, -0.2) is 0 Å². The number of hydrogen-bond donors (Lipinski definition) is 8. The zero-order valence-corrected chi connectivity index (χ0v) is 16.6. The van der Waals surface area contributed by atoms with Crippen molar-refractivity contribution in [2.75, 3.05) is 6.61 Å². The van der Waals surface area contributed by atoms with Gasteiger partial charge in [0, 0.05) is 35.7 Å². The van der Waals surface area contributed by atoms with E-state index >= 15 is 0 Å². The molecule has 2 aliphatic rings. The lowest BCUT2D eigenvalue weighted by Crippen LogP contribution is -2.60. The number of benzene rings is 2. The van der Waals surface area contributed by atoms with Crippen molar-refractivity contribution in [2.45, 2.75) is 49.3 Å². The Hall–Kier alpha value is -2.80. The SMILES string of the molecule is OC[C@H]1O[C@@H](Oc2cc(O)c3c(c2)O[C@H](c2cc(O)cc(O)c2)[C@@H](O)C3)[C@H](O)[C@@H](O)[C@@H]1O. The van der Waals surface area contributed by atoms with E-state index in [1.54, 1.807) is 0 Å². The maximum Gasteiger partial charge on any atom is 0.229 e. The van der Waals surface area contributed by atoms with Gasteiger partial charge >= 0.3 is 0 Å². The summed E-state index contributed by atoms with van der Waals surface area (Å²) in [5.74, 6) is -0.575. The molecule has 2 aliphatic heterocycles. The van der Waals surface area contributed by atoms with Gasteiger partial charge in [0.1, 0.15) is 53.2 Å². The van der Waals surface area contributed by atoms with Crippen molar-refractivity contribution in [3.63, 3.8) is 0 Å². The van der Waals surface area contributed by atoms with Crippen LogP contribution >= 0.6 is 0 Å². The molecule has 11 nitrogen and oxygen atoms in total. The Kier molecular flexibility index (Phi) is 6.03. The average Bonchev–Trinajstić information content (AvgIpc) is 2.73. The van der Waals surface area contributed by atoms with Crippen molar-refractivity contribution in [1.29, 1.82) is 0 Å². The molecule has 2 heterocycles. The number of hydrogen-bond acceptors (Lipinski definition) is 11. The molecule has 0 unspecified atom stereocenters. The van der Waals surface area contributed by atoms with Crippen molar-refractivity contribution in [1.82, 2.24) is 0 Å². The Bertz CT molecular complexity index is 958. The first kappa shape index (κ1) is 22.4. The molecule has 1 fully saturated rings. The van der Waals surface area contributed by atoms with Gasteiger partial charge in [0.25, 0.3) is 0 Å². The molecule has 0 saturated carbocycles. The lowest BCUT2D eigenvalue weighted by Gasteiger charge is -2.39. The van der Waals surface area contributed by atoms with Gasteiger partial charge in [-0.2, -0.15) is 0 Å². The third-order valence-corrected chi connectivity index (χ3v) is 5.53. The fourth-order valence-corrected chi connectivity index (χ4v) is 3.89. The van der Waals surface area contributed by atoms with Crippen LogP contribution in [0.25, 0.3) is 0 Å². The van der Waals surface area contributed by atoms with Gasteiger partial charge in [0.05, 0.1) is 12.7 Å². The largest absolute Gasteiger partial charge is 0.508 e. The fourth-order valence-electron chi connectivity index (χ4n) is 3.89. The number of fused-ring (bicyclic) bond motifs is 1. The van der Waals surface area contributed by atoms with E-state index < -0.39 is 49.5 Å². The van der Waals surface area contributed by atoms with Gasteiger partial charge in [-0.3, -0.25) is 0 Å². The summed E-state index contributed by atoms with van der Waals surface area (Å²) in [6.07, 6.45) is -9.51. The molecule has 0 amide bonds. The number of aromatic hydroxyl groups is 3. The summed E-state index contributed by atoms with van der Waals surface area (Å²) < 4.78 is 16.6. The molecule has 0 aliphatic carbocycles. The van der Waals surface area contributed by atoms with Crippen LogP contribution in [-0.2, 0) is 11.2 Å². The lowest BCUT2D eigenvalue weighted by atomic mass is 9.94.